The monoisotopic (exact) mass is 791 g/mol. The summed E-state index contributed by atoms with van der Waals surface area (Å²) >= 11 is 0. The van der Waals surface area contributed by atoms with E-state index in [0.29, 0.717) is 36.7 Å². The molecule has 0 aromatic heterocycles. The summed E-state index contributed by atoms with van der Waals surface area (Å²) in [5.41, 5.74) is 0. The number of aliphatic hydroxyl groups excluding tert-OH is 2. The number of hydrogen-bond donors (Lipinski definition) is 3. The van der Waals surface area contributed by atoms with Crippen LogP contribution in [0.4, 0.5) is 0 Å². The minimum Gasteiger partial charge on any atom is -0.462 e. The molecule has 0 aliphatic rings. The van der Waals surface area contributed by atoms with Gasteiger partial charge in [-0.2, -0.15) is 0 Å². The summed E-state index contributed by atoms with van der Waals surface area (Å²) in [4.78, 5) is 35.3. The smallest absolute Gasteiger partial charge is 0.462 e. The predicted octanol–water partition coefficient (Wildman–Crippen LogP) is 9.52. The number of phosphoric ester groups is 1. The van der Waals surface area contributed by atoms with Crippen molar-refractivity contribution in [3.63, 3.8) is 0 Å². The van der Waals surface area contributed by atoms with Gasteiger partial charge < -0.3 is 29.1 Å². The molecule has 0 rings (SSSR count). The summed E-state index contributed by atoms with van der Waals surface area (Å²) in [5, 5.41) is 20.5. The normalized spacial score (nSPS) is 15.0. The van der Waals surface area contributed by atoms with Crippen LogP contribution in [0.15, 0.2) is 24.3 Å². The molecule has 0 bridgehead atoms. The van der Waals surface area contributed by atoms with Gasteiger partial charge in [0.2, 0.25) is 0 Å². The number of carbonyl (C=O) groups is 2. The van der Waals surface area contributed by atoms with Gasteiger partial charge in [0.05, 0.1) is 40.0 Å². The molecule has 0 aromatic rings. The molecule has 0 amide bonds. The Bertz CT molecular complexity index is 1020. The second-order valence-corrected chi connectivity index (χ2v) is 17.1. The number of aliphatic hydroxyl groups is 2. The Labute approximate surface area is 329 Å². The van der Waals surface area contributed by atoms with Gasteiger partial charge >= 0.3 is 19.8 Å². The first-order valence-electron chi connectivity index (χ1n) is 21.2. The molecule has 0 saturated carbocycles. The second-order valence-electron chi connectivity index (χ2n) is 15.7. The molecular weight excluding hydrogens is 709 g/mol. The van der Waals surface area contributed by atoms with Crippen molar-refractivity contribution < 1.29 is 52.3 Å². The van der Waals surface area contributed by atoms with Crippen LogP contribution in [0.1, 0.15) is 168 Å². The van der Waals surface area contributed by atoms with Crippen LogP contribution in [0.3, 0.4) is 0 Å². The molecule has 12 heteroatoms. The topological polar surface area (TPSA) is 149 Å². The Hall–Kier alpha value is -1.59. The van der Waals surface area contributed by atoms with Crippen LogP contribution >= 0.6 is 7.82 Å². The third-order valence-electron chi connectivity index (χ3n) is 9.15. The van der Waals surface area contributed by atoms with E-state index in [4.69, 9.17) is 18.5 Å². The van der Waals surface area contributed by atoms with Gasteiger partial charge in [-0.3, -0.25) is 18.6 Å². The molecule has 11 nitrogen and oxygen atoms in total. The molecule has 318 valence electrons. The molecule has 0 fully saturated rings. The van der Waals surface area contributed by atoms with Crippen LogP contribution in [0.5, 0.6) is 0 Å². The van der Waals surface area contributed by atoms with E-state index in [1.54, 1.807) is 0 Å². The Balaban J connectivity index is 4.52. The van der Waals surface area contributed by atoms with Crippen molar-refractivity contribution in [2.45, 2.75) is 186 Å². The number of ether oxygens (including phenoxy) is 2. The van der Waals surface area contributed by atoms with Crippen LogP contribution in [-0.4, -0.2) is 97.3 Å². The first-order valence-corrected chi connectivity index (χ1v) is 22.7. The molecular formula is C42H81NO10P+. The lowest BCUT2D eigenvalue weighted by Gasteiger charge is -2.24. The summed E-state index contributed by atoms with van der Waals surface area (Å²) in [6.45, 7) is 4.15. The van der Waals surface area contributed by atoms with E-state index in [2.05, 4.69) is 32.1 Å². The minimum absolute atomic E-state index is 0.00260. The van der Waals surface area contributed by atoms with E-state index in [0.717, 1.165) is 77.0 Å². The van der Waals surface area contributed by atoms with Crippen molar-refractivity contribution >= 4 is 19.8 Å². The van der Waals surface area contributed by atoms with E-state index in [-0.39, 0.29) is 26.1 Å². The van der Waals surface area contributed by atoms with Gasteiger partial charge in [0.1, 0.15) is 19.8 Å². The number of quaternary nitrogens is 1. The van der Waals surface area contributed by atoms with Crippen molar-refractivity contribution in [1.82, 2.24) is 0 Å². The average Bonchev–Trinajstić information content (AvgIpc) is 3.11. The molecule has 0 spiro atoms. The highest BCUT2D eigenvalue weighted by Gasteiger charge is 2.27. The molecule has 4 atom stereocenters. The summed E-state index contributed by atoms with van der Waals surface area (Å²) in [7, 11) is 1.37. The number of rotatable bonds is 38. The van der Waals surface area contributed by atoms with Gasteiger partial charge in [0, 0.05) is 12.8 Å². The van der Waals surface area contributed by atoms with Crippen LogP contribution in [0.25, 0.3) is 0 Å². The van der Waals surface area contributed by atoms with Crippen LogP contribution < -0.4 is 0 Å². The second kappa shape index (κ2) is 34.6. The molecule has 0 radical (unpaired) electrons. The van der Waals surface area contributed by atoms with Crippen molar-refractivity contribution in [2.75, 3.05) is 47.5 Å². The van der Waals surface area contributed by atoms with Crippen molar-refractivity contribution in [3.05, 3.63) is 24.3 Å². The summed E-state index contributed by atoms with van der Waals surface area (Å²) in [6.07, 6.45) is 28.2. The Morgan fingerprint density at radius 1 is 0.630 bits per heavy atom. The van der Waals surface area contributed by atoms with E-state index in [1.807, 2.05) is 27.2 Å². The first kappa shape index (κ1) is 52.4. The number of phosphoric acid groups is 1. The number of likely N-dealkylation sites (N-methyl/N-ethyl adjacent to an activating group) is 1. The minimum atomic E-state index is -4.41. The standard InChI is InChI=1S/C42H80NO10P/c1-6-8-10-12-14-15-16-17-18-19-20-24-28-32-41(46)50-36-38(37-52-54(48,49)51-35-34-43(3,4)5)53-42(47)33-29-25-21-23-27-31-40(45)39(44)30-26-22-13-11-9-7-2/h15-16,22,26,38-40,44-45H,6-14,17-21,23-25,27-37H2,1-5H3/p+1/b16-15-,26-22-/t38-,39+,40+/m1/s1. The third-order valence-corrected chi connectivity index (χ3v) is 10.1. The zero-order valence-electron chi connectivity index (χ0n) is 34.9. The number of carbonyl (C=O) groups excluding carboxylic acids is 2. The van der Waals surface area contributed by atoms with E-state index < -0.39 is 44.7 Å². The summed E-state index contributed by atoms with van der Waals surface area (Å²) in [5.74, 6) is -0.920. The third kappa shape index (κ3) is 36.1. The maximum atomic E-state index is 12.7. The molecule has 0 aliphatic carbocycles. The first-order chi connectivity index (χ1) is 25.8. The zero-order chi connectivity index (χ0) is 40.3. The highest BCUT2D eigenvalue weighted by molar-refractivity contribution is 7.47. The van der Waals surface area contributed by atoms with Crippen LogP contribution in [0, 0.1) is 0 Å². The molecule has 3 N–H and O–H groups in total. The summed E-state index contributed by atoms with van der Waals surface area (Å²) in [6, 6.07) is 0. The fourth-order valence-corrected chi connectivity index (χ4v) is 6.36. The number of unbranched alkanes of at least 4 members (excludes halogenated alkanes) is 16. The van der Waals surface area contributed by atoms with Gasteiger partial charge in [0.15, 0.2) is 6.10 Å². The van der Waals surface area contributed by atoms with Crippen molar-refractivity contribution in [2.24, 2.45) is 0 Å². The molecule has 1 unspecified atom stereocenters. The highest BCUT2D eigenvalue weighted by atomic mass is 31.2. The fraction of sp³-hybridized carbons (Fsp3) is 0.857. The summed E-state index contributed by atoms with van der Waals surface area (Å²) < 4.78 is 34.1. The van der Waals surface area contributed by atoms with Crippen LogP contribution in [0.2, 0.25) is 0 Å². The van der Waals surface area contributed by atoms with E-state index >= 15 is 0 Å². The van der Waals surface area contributed by atoms with Crippen LogP contribution in [-0.2, 0) is 32.7 Å². The van der Waals surface area contributed by atoms with Gasteiger partial charge in [-0.25, -0.2) is 4.57 Å². The lowest BCUT2D eigenvalue weighted by molar-refractivity contribution is -0.870. The van der Waals surface area contributed by atoms with Gasteiger partial charge in [-0.15, -0.1) is 0 Å². The highest BCUT2D eigenvalue weighted by Crippen LogP contribution is 2.43. The lowest BCUT2D eigenvalue weighted by Crippen LogP contribution is -2.37. The Morgan fingerprint density at radius 3 is 1.74 bits per heavy atom. The Kier molecular flexibility index (Phi) is 33.6. The number of nitrogens with zero attached hydrogens (tertiary/aromatic N) is 1. The molecule has 0 aromatic carbocycles. The number of allylic oxidation sites excluding steroid dienone is 3. The maximum Gasteiger partial charge on any atom is 0.472 e. The SMILES string of the molecule is CCCCC/C=C\C[C@H](O)[C@@H](O)CCCCCCCC(=O)O[C@H](COC(=O)CCCCCCC/C=C\CCCCCC)COP(=O)(O)OCC[N+](C)(C)C. The van der Waals surface area contributed by atoms with E-state index in [9.17, 15) is 29.3 Å². The molecule has 54 heavy (non-hydrogen) atoms. The predicted molar refractivity (Wildman–Crippen MR) is 218 cm³/mol. The van der Waals surface area contributed by atoms with Gasteiger partial charge in [-0.05, 0) is 64.2 Å². The molecule has 0 saturated heterocycles. The fourth-order valence-electron chi connectivity index (χ4n) is 5.62. The van der Waals surface area contributed by atoms with Gasteiger partial charge in [-0.1, -0.05) is 115 Å². The molecule has 0 aliphatic heterocycles. The zero-order valence-corrected chi connectivity index (χ0v) is 35.8. The van der Waals surface area contributed by atoms with E-state index in [1.165, 1.54) is 38.5 Å². The Morgan fingerprint density at radius 2 is 1.13 bits per heavy atom. The number of esters is 2. The largest absolute Gasteiger partial charge is 0.472 e. The average molecular weight is 791 g/mol. The number of hydrogen-bond acceptors (Lipinski definition) is 9. The van der Waals surface area contributed by atoms with Crippen molar-refractivity contribution in [3.8, 4) is 0 Å². The van der Waals surface area contributed by atoms with Crippen molar-refractivity contribution in [1.29, 1.82) is 0 Å². The van der Waals surface area contributed by atoms with Gasteiger partial charge in [0.25, 0.3) is 0 Å². The lowest BCUT2D eigenvalue weighted by atomic mass is 10.0. The quantitative estimate of drug-likeness (QED) is 0.0182. The maximum absolute atomic E-state index is 12.7. The molecule has 0 heterocycles.